The fourth-order valence-electron chi connectivity index (χ4n) is 4.35. The molecule has 194 valence electrons. The molecule has 0 aliphatic heterocycles. The van der Waals surface area contributed by atoms with Crippen LogP contribution in [0.1, 0.15) is 68.9 Å². The van der Waals surface area contributed by atoms with Crippen LogP contribution in [-0.2, 0) is 11.8 Å². The first-order valence-electron chi connectivity index (χ1n) is 11.3. The Kier molecular flexibility index (Phi) is 7.92. The summed E-state index contributed by atoms with van der Waals surface area (Å²) in [5.41, 5.74) is -1.34. The van der Waals surface area contributed by atoms with Crippen molar-refractivity contribution in [3.8, 4) is 0 Å². The lowest BCUT2D eigenvalue weighted by Crippen LogP contribution is -2.46. The lowest BCUT2D eigenvalue weighted by atomic mass is 9.61. The molecule has 1 nitrogen and oxygen atoms in total. The van der Waals surface area contributed by atoms with Crippen LogP contribution in [-0.4, -0.2) is 23.3 Å². The lowest BCUT2D eigenvalue weighted by Gasteiger charge is -2.42. The molecule has 8 heteroatoms. The average molecular weight is 505 g/mol. The van der Waals surface area contributed by atoms with E-state index in [4.69, 9.17) is 0 Å². The number of halogens is 7. The second kappa shape index (κ2) is 9.60. The van der Waals surface area contributed by atoms with Gasteiger partial charge in [0.25, 0.3) is 0 Å². The van der Waals surface area contributed by atoms with E-state index < -0.39 is 35.6 Å². The second-order valence-corrected chi connectivity index (χ2v) is 9.44. The quantitative estimate of drug-likeness (QED) is 0.405. The first-order chi connectivity index (χ1) is 15.9. The van der Waals surface area contributed by atoms with E-state index in [-0.39, 0.29) is 24.0 Å². The number of allylic oxidation sites excluding steroid dienone is 1. The van der Waals surface area contributed by atoms with Crippen molar-refractivity contribution in [1.29, 1.82) is 0 Å². The van der Waals surface area contributed by atoms with Crippen molar-refractivity contribution >= 4 is 5.57 Å². The summed E-state index contributed by atoms with van der Waals surface area (Å²) in [6.45, 7) is 8.66. The van der Waals surface area contributed by atoms with E-state index >= 15 is 0 Å². The molecule has 2 atom stereocenters. The number of aryl methyl sites for hydroxylation is 1. The largest absolute Gasteiger partial charge is 0.406 e. The van der Waals surface area contributed by atoms with E-state index in [2.05, 4.69) is 0 Å². The fraction of sp³-hybridized carbons (Fsp3) is 0.481. The van der Waals surface area contributed by atoms with Gasteiger partial charge in [-0.05, 0) is 55.0 Å². The van der Waals surface area contributed by atoms with E-state index in [1.54, 1.807) is 6.07 Å². The summed E-state index contributed by atoms with van der Waals surface area (Å²) in [6.07, 6.45) is -11.8. The first kappa shape index (κ1) is 28.9. The standard InChI is InChI=1S/C25H25F7O.C2H6/c1-15-6-5-7-19(10-15)21(2)12-17-11-16(8-9-20(17)21)18(14-23(4,26)33)13-22(3,24(27,28)29)25(30,31)32;1-2/h5-11,13,33H,12,14H2,1-4H3;1-2H3/b18-13+;. The Bertz CT molecular complexity index is 1060. The number of hydrogen-bond acceptors (Lipinski definition) is 1. The summed E-state index contributed by atoms with van der Waals surface area (Å²) in [5, 5.41) is 9.58. The summed E-state index contributed by atoms with van der Waals surface area (Å²) in [7, 11) is 0. The van der Waals surface area contributed by atoms with Crippen LogP contribution in [0.25, 0.3) is 5.57 Å². The molecule has 0 aromatic heterocycles. The van der Waals surface area contributed by atoms with Gasteiger partial charge in [0, 0.05) is 11.8 Å². The molecule has 2 unspecified atom stereocenters. The number of benzene rings is 2. The van der Waals surface area contributed by atoms with Crippen LogP contribution in [0, 0.1) is 12.3 Å². The highest BCUT2D eigenvalue weighted by Crippen LogP contribution is 2.53. The van der Waals surface area contributed by atoms with Crippen molar-refractivity contribution in [3.05, 3.63) is 76.4 Å². The van der Waals surface area contributed by atoms with Gasteiger partial charge in [-0.2, -0.15) is 26.3 Å². The Morgan fingerprint density at radius 2 is 1.51 bits per heavy atom. The van der Waals surface area contributed by atoms with Gasteiger partial charge >= 0.3 is 12.4 Å². The van der Waals surface area contributed by atoms with Crippen LogP contribution in [0.3, 0.4) is 0 Å². The number of hydrogen-bond donors (Lipinski definition) is 1. The summed E-state index contributed by atoms with van der Waals surface area (Å²) in [5.74, 6) is -3.00. The van der Waals surface area contributed by atoms with Crippen molar-refractivity contribution in [2.75, 3.05) is 0 Å². The Morgan fingerprint density at radius 1 is 0.943 bits per heavy atom. The molecule has 35 heavy (non-hydrogen) atoms. The van der Waals surface area contributed by atoms with Gasteiger partial charge in [-0.1, -0.05) is 74.9 Å². The van der Waals surface area contributed by atoms with E-state index in [0.717, 1.165) is 22.3 Å². The van der Waals surface area contributed by atoms with Crippen molar-refractivity contribution in [3.63, 3.8) is 0 Å². The number of fused-ring (bicyclic) bond motifs is 1. The predicted octanol–water partition coefficient (Wildman–Crippen LogP) is 8.47. The van der Waals surface area contributed by atoms with Gasteiger partial charge < -0.3 is 5.11 Å². The Balaban J connectivity index is 0.00000210. The highest BCUT2D eigenvalue weighted by atomic mass is 19.4. The molecule has 0 bridgehead atoms. The zero-order valence-electron chi connectivity index (χ0n) is 20.6. The van der Waals surface area contributed by atoms with Gasteiger partial charge in [0.15, 0.2) is 5.41 Å². The first-order valence-corrected chi connectivity index (χ1v) is 11.3. The topological polar surface area (TPSA) is 20.2 Å². The maximum absolute atomic E-state index is 14.0. The van der Waals surface area contributed by atoms with Gasteiger partial charge in [-0.15, -0.1) is 0 Å². The number of aliphatic hydroxyl groups is 1. The average Bonchev–Trinajstić information content (AvgIpc) is 2.70. The van der Waals surface area contributed by atoms with Gasteiger partial charge in [0.1, 0.15) is 0 Å². The molecular formula is C27H31F7O. The lowest BCUT2D eigenvalue weighted by molar-refractivity contribution is -0.314. The molecule has 1 aliphatic carbocycles. The van der Waals surface area contributed by atoms with Crippen LogP contribution in [0.5, 0.6) is 0 Å². The molecule has 1 aliphatic rings. The molecule has 0 fully saturated rings. The maximum Gasteiger partial charge on any atom is 0.406 e. The monoisotopic (exact) mass is 504 g/mol. The van der Waals surface area contributed by atoms with Crippen molar-refractivity contribution in [1.82, 2.24) is 0 Å². The minimum atomic E-state index is -5.66. The van der Waals surface area contributed by atoms with Gasteiger partial charge in [-0.25, -0.2) is 4.39 Å². The van der Waals surface area contributed by atoms with Crippen molar-refractivity contribution in [2.24, 2.45) is 5.41 Å². The van der Waals surface area contributed by atoms with Gasteiger partial charge in [0.05, 0.1) is 0 Å². The molecule has 2 aromatic carbocycles. The van der Waals surface area contributed by atoms with Crippen molar-refractivity contribution < 1.29 is 35.8 Å². The normalized spacial score (nSPS) is 20.2. The molecule has 0 spiro atoms. The highest BCUT2D eigenvalue weighted by Gasteiger charge is 2.66. The fourth-order valence-corrected chi connectivity index (χ4v) is 4.35. The van der Waals surface area contributed by atoms with E-state index in [9.17, 15) is 35.8 Å². The molecule has 0 heterocycles. The SMILES string of the molecule is CC.Cc1cccc(C2(C)Cc3cc(/C(=C/C(C)(C(F)(F)F)C(F)(F)F)CC(C)(O)F)ccc32)c1. The molecule has 0 radical (unpaired) electrons. The predicted molar refractivity (Wildman–Crippen MR) is 124 cm³/mol. The Hall–Kier alpha value is -2.35. The third-order valence-electron chi connectivity index (χ3n) is 6.42. The summed E-state index contributed by atoms with van der Waals surface area (Å²) >= 11 is 0. The molecule has 3 rings (SSSR count). The van der Waals surface area contributed by atoms with Crippen LogP contribution in [0.2, 0.25) is 0 Å². The highest BCUT2D eigenvalue weighted by molar-refractivity contribution is 5.70. The van der Waals surface area contributed by atoms with Crippen LogP contribution in [0.15, 0.2) is 48.5 Å². The minimum absolute atomic E-state index is 0.00982. The van der Waals surface area contributed by atoms with Crippen LogP contribution < -0.4 is 0 Å². The van der Waals surface area contributed by atoms with E-state index in [1.165, 1.54) is 12.1 Å². The summed E-state index contributed by atoms with van der Waals surface area (Å²) in [4.78, 5) is 0. The second-order valence-electron chi connectivity index (χ2n) is 9.44. The van der Waals surface area contributed by atoms with Crippen molar-refractivity contribution in [2.45, 2.75) is 78.0 Å². The molecule has 0 saturated heterocycles. The molecule has 0 amide bonds. The van der Waals surface area contributed by atoms with Crippen LogP contribution in [0.4, 0.5) is 30.7 Å². The maximum atomic E-state index is 14.0. The third kappa shape index (κ3) is 5.74. The molecular weight excluding hydrogens is 473 g/mol. The molecule has 0 saturated carbocycles. The zero-order valence-corrected chi connectivity index (χ0v) is 20.6. The zero-order chi connectivity index (χ0) is 27.0. The number of alkyl halides is 7. The summed E-state index contributed by atoms with van der Waals surface area (Å²) in [6, 6.07) is 12.4. The van der Waals surface area contributed by atoms with Crippen LogP contribution >= 0.6 is 0 Å². The van der Waals surface area contributed by atoms with E-state index in [1.807, 2.05) is 52.0 Å². The number of rotatable bonds is 5. The Labute approximate surface area is 201 Å². The molecule has 1 N–H and O–H groups in total. The third-order valence-corrected chi connectivity index (χ3v) is 6.42. The Morgan fingerprint density at radius 3 is 1.97 bits per heavy atom. The van der Waals surface area contributed by atoms with Gasteiger partial charge in [-0.3, -0.25) is 0 Å². The summed E-state index contributed by atoms with van der Waals surface area (Å²) < 4.78 is 94.8. The smallest absolute Gasteiger partial charge is 0.362 e. The van der Waals surface area contributed by atoms with E-state index in [0.29, 0.717) is 13.3 Å². The van der Waals surface area contributed by atoms with Gasteiger partial charge in [0.2, 0.25) is 5.85 Å². The molecule has 2 aromatic rings. The minimum Gasteiger partial charge on any atom is -0.362 e.